The maximum absolute atomic E-state index is 13.6. The zero-order chi connectivity index (χ0) is 19.8. The fourth-order valence-corrected chi connectivity index (χ4v) is 3.10. The number of hydrogen-bond acceptors (Lipinski definition) is 4. The number of carbonyl (C=O) groups is 2. The summed E-state index contributed by atoms with van der Waals surface area (Å²) >= 11 is 0. The van der Waals surface area contributed by atoms with Gasteiger partial charge in [-0.3, -0.25) is 9.59 Å². The second-order valence-corrected chi connectivity index (χ2v) is 6.74. The summed E-state index contributed by atoms with van der Waals surface area (Å²) in [4.78, 5) is 24.6. The van der Waals surface area contributed by atoms with Crippen molar-refractivity contribution in [2.75, 3.05) is 31.6 Å². The Bertz CT molecular complexity index is 822. The van der Waals surface area contributed by atoms with Crippen molar-refractivity contribution < 1.29 is 18.7 Å². The maximum Gasteiger partial charge on any atom is 0.262 e. The highest BCUT2D eigenvalue weighted by molar-refractivity contribution is 5.97. The van der Waals surface area contributed by atoms with Gasteiger partial charge in [-0.2, -0.15) is 0 Å². The summed E-state index contributed by atoms with van der Waals surface area (Å²) in [6, 6.07) is 12.6. The number of rotatable bonds is 7. The Morgan fingerprint density at radius 2 is 1.93 bits per heavy atom. The summed E-state index contributed by atoms with van der Waals surface area (Å²) in [5.41, 5.74) is 0.452. The van der Waals surface area contributed by atoms with E-state index in [4.69, 9.17) is 4.74 Å². The van der Waals surface area contributed by atoms with Crippen molar-refractivity contribution in [3.05, 3.63) is 59.9 Å². The molecule has 2 aromatic carbocycles. The lowest BCUT2D eigenvalue weighted by molar-refractivity contribution is -0.118. The van der Waals surface area contributed by atoms with Crippen LogP contribution in [-0.2, 0) is 4.79 Å². The normalized spacial score (nSPS) is 16.2. The molecule has 3 rings (SSSR count). The van der Waals surface area contributed by atoms with Gasteiger partial charge < -0.3 is 20.7 Å². The van der Waals surface area contributed by atoms with Gasteiger partial charge in [-0.1, -0.05) is 24.3 Å². The van der Waals surface area contributed by atoms with Gasteiger partial charge in [-0.25, -0.2) is 4.39 Å². The molecule has 148 valence electrons. The fraction of sp³-hybridized carbons (Fsp3) is 0.333. The van der Waals surface area contributed by atoms with E-state index in [1.165, 1.54) is 12.1 Å². The Hall–Kier alpha value is -2.93. The van der Waals surface area contributed by atoms with Gasteiger partial charge in [-0.05, 0) is 56.1 Å². The van der Waals surface area contributed by atoms with Crippen LogP contribution >= 0.6 is 0 Å². The quantitative estimate of drug-likeness (QED) is 0.685. The second kappa shape index (κ2) is 9.85. The average Bonchev–Trinajstić information content (AvgIpc) is 2.73. The number of nitrogens with one attached hydrogen (secondary N) is 3. The summed E-state index contributed by atoms with van der Waals surface area (Å²) in [5.74, 6) is -0.542. The zero-order valence-corrected chi connectivity index (χ0v) is 15.5. The average molecular weight is 385 g/mol. The molecule has 3 N–H and O–H groups in total. The molecule has 0 bridgehead atoms. The number of amides is 2. The predicted octanol–water partition coefficient (Wildman–Crippen LogP) is 2.57. The number of hydrogen-bond donors (Lipinski definition) is 3. The molecule has 1 heterocycles. The Balaban J connectivity index is 1.55. The van der Waals surface area contributed by atoms with Crippen LogP contribution in [0, 0.1) is 11.7 Å². The summed E-state index contributed by atoms with van der Waals surface area (Å²) in [7, 11) is 0. The Labute approximate surface area is 163 Å². The first-order valence-electron chi connectivity index (χ1n) is 9.38. The van der Waals surface area contributed by atoms with Crippen LogP contribution in [0.5, 0.6) is 5.75 Å². The van der Waals surface area contributed by atoms with Crippen LogP contribution in [-0.4, -0.2) is 38.1 Å². The van der Waals surface area contributed by atoms with Gasteiger partial charge in [0.2, 0.25) is 0 Å². The number of para-hydroxylation sites is 2. The SMILES string of the molecule is O=C(COc1ccccc1C(=O)NCC1CCCNC1)Nc1ccccc1F. The number of benzene rings is 2. The minimum Gasteiger partial charge on any atom is -0.483 e. The minimum absolute atomic E-state index is 0.0863. The smallest absolute Gasteiger partial charge is 0.262 e. The highest BCUT2D eigenvalue weighted by Crippen LogP contribution is 2.19. The van der Waals surface area contributed by atoms with Crippen molar-refractivity contribution in [1.82, 2.24) is 10.6 Å². The Morgan fingerprint density at radius 3 is 2.71 bits per heavy atom. The first kappa shape index (κ1) is 19.8. The van der Waals surface area contributed by atoms with Crippen LogP contribution in [0.25, 0.3) is 0 Å². The van der Waals surface area contributed by atoms with E-state index in [0.29, 0.717) is 23.8 Å². The van der Waals surface area contributed by atoms with Crippen molar-refractivity contribution in [1.29, 1.82) is 0 Å². The van der Waals surface area contributed by atoms with Gasteiger partial charge >= 0.3 is 0 Å². The molecular formula is C21H24FN3O3. The summed E-state index contributed by atoms with van der Waals surface area (Å²) in [6.45, 7) is 2.18. The molecule has 2 amide bonds. The number of ether oxygens (including phenoxy) is 1. The molecule has 0 spiro atoms. The van der Waals surface area contributed by atoms with Crippen molar-refractivity contribution >= 4 is 17.5 Å². The molecule has 6 nitrogen and oxygen atoms in total. The first-order chi connectivity index (χ1) is 13.6. The molecule has 0 saturated carbocycles. The van der Waals surface area contributed by atoms with E-state index in [9.17, 15) is 14.0 Å². The number of halogens is 1. The van der Waals surface area contributed by atoms with E-state index in [1.54, 1.807) is 36.4 Å². The molecule has 2 aromatic rings. The van der Waals surface area contributed by atoms with Crippen molar-refractivity contribution in [2.45, 2.75) is 12.8 Å². The molecule has 0 aromatic heterocycles. The third kappa shape index (κ3) is 5.53. The first-order valence-corrected chi connectivity index (χ1v) is 9.38. The predicted molar refractivity (Wildman–Crippen MR) is 105 cm³/mol. The molecule has 28 heavy (non-hydrogen) atoms. The summed E-state index contributed by atoms with van der Waals surface area (Å²) in [5, 5.41) is 8.71. The van der Waals surface area contributed by atoms with Gasteiger partial charge in [-0.15, -0.1) is 0 Å². The minimum atomic E-state index is -0.521. The molecule has 1 saturated heterocycles. The van der Waals surface area contributed by atoms with Crippen LogP contribution in [0.4, 0.5) is 10.1 Å². The highest BCUT2D eigenvalue weighted by Gasteiger charge is 2.17. The van der Waals surface area contributed by atoms with E-state index in [-0.39, 0.29) is 18.2 Å². The van der Waals surface area contributed by atoms with E-state index in [1.807, 2.05) is 0 Å². The monoisotopic (exact) mass is 385 g/mol. The Kier molecular flexibility index (Phi) is 6.97. The summed E-state index contributed by atoms with van der Waals surface area (Å²) < 4.78 is 19.1. The largest absolute Gasteiger partial charge is 0.483 e. The van der Waals surface area contributed by atoms with Crippen LogP contribution in [0.15, 0.2) is 48.5 Å². The molecule has 1 aliphatic heterocycles. The number of carbonyl (C=O) groups excluding carboxylic acids is 2. The third-order valence-electron chi connectivity index (χ3n) is 4.59. The van der Waals surface area contributed by atoms with Gasteiger partial charge in [0.05, 0.1) is 11.3 Å². The maximum atomic E-state index is 13.6. The van der Waals surface area contributed by atoms with Crippen molar-refractivity contribution in [2.24, 2.45) is 5.92 Å². The van der Waals surface area contributed by atoms with Crippen LogP contribution in [0.2, 0.25) is 0 Å². The van der Waals surface area contributed by atoms with Gasteiger partial charge in [0.15, 0.2) is 6.61 Å². The molecule has 1 aliphatic rings. The van der Waals surface area contributed by atoms with Crippen LogP contribution in [0.1, 0.15) is 23.2 Å². The number of anilines is 1. The molecule has 1 unspecified atom stereocenters. The standard InChI is InChI=1S/C21H24FN3O3/c22-17-8-2-3-9-18(17)25-20(26)14-28-19-10-4-1-7-16(19)21(27)24-13-15-6-5-11-23-12-15/h1-4,7-10,15,23H,5-6,11-14H2,(H,24,27)(H,25,26). The molecule has 0 radical (unpaired) electrons. The van der Waals surface area contributed by atoms with E-state index in [0.717, 1.165) is 25.9 Å². The third-order valence-corrected chi connectivity index (χ3v) is 4.59. The van der Waals surface area contributed by atoms with Crippen molar-refractivity contribution in [3.8, 4) is 5.75 Å². The van der Waals surface area contributed by atoms with E-state index < -0.39 is 11.7 Å². The lowest BCUT2D eigenvalue weighted by atomic mass is 9.99. The van der Waals surface area contributed by atoms with Crippen molar-refractivity contribution in [3.63, 3.8) is 0 Å². The van der Waals surface area contributed by atoms with Gasteiger partial charge in [0, 0.05) is 6.54 Å². The molecular weight excluding hydrogens is 361 g/mol. The van der Waals surface area contributed by atoms with Gasteiger partial charge in [0.25, 0.3) is 11.8 Å². The van der Waals surface area contributed by atoms with Crippen LogP contribution < -0.4 is 20.7 Å². The number of piperidine rings is 1. The molecule has 7 heteroatoms. The lowest BCUT2D eigenvalue weighted by Gasteiger charge is -2.23. The second-order valence-electron chi connectivity index (χ2n) is 6.74. The van der Waals surface area contributed by atoms with E-state index in [2.05, 4.69) is 16.0 Å². The van der Waals surface area contributed by atoms with Gasteiger partial charge in [0.1, 0.15) is 11.6 Å². The fourth-order valence-electron chi connectivity index (χ4n) is 3.10. The molecule has 1 atom stereocenters. The lowest BCUT2D eigenvalue weighted by Crippen LogP contribution is -2.38. The zero-order valence-electron chi connectivity index (χ0n) is 15.5. The van der Waals surface area contributed by atoms with Crippen LogP contribution in [0.3, 0.4) is 0 Å². The topological polar surface area (TPSA) is 79.5 Å². The highest BCUT2D eigenvalue weighted by atomic mass is 19.1. The van der Waals surface area contributed by atoms with E-state index >= 15 is 0 Å². The molecule has 1 fully saturated rings. The summed E-state index contributed by atoms with van der Waals surface area (Å²) in [6.07, 6.45) is 2.19. The Morgan fingerprint density at radius 1 is 1.14 bits per heavy atom. The molecule has 0 aliphatic carbocycles.